The summed E-state index contributed by atoms with van der Waals surface area (Å²) >= 11 is 0. The van der Waals surface area contributed by atoms with Gasteiger partial charge in [0.25, 0.3) is 0 Å². The summed E-state index contributed by atoms with van der Waals surface area (Å²) in [6, 6.07) is 7.59. The third-order valence-corrected chi connectivity index (χ3v) is 3.66. The maximum atomic E-state index is 11.5. The quantitative estimate of drug-likeness (QED) is 0.821. The van der Waals surface area contributed by atoms with Crippen molar-refractivity contribution in [3.05, 3.63) is 35.4 Å². The predicted octanol–water partition coefficient (Wildman–Crippen LogP) is 1.68. The van der Waals surface area contributed by atoms with E-state index in [1.165, 1.54) is 7.11 Å². The molecule has 0 aliphatic carbocycles. The Morgan fingerprint density at radius 2 is 2.37 bits per heavy atom. The highest BCUT2D eigenvalue weighted by molar-refractivity contribution is 5.89. The number of esters is 1. The highest BCUT2D eigenvalue weighted by Crippen LogP contribution is 2.21. The van der Waals surface area contributed by atoms with Crippen molar-refractivity contribution in [3.8, 4) is 0 Å². The summed E-state index contributed by atoms with van der Waals surface area (Å²) in [5.74, 6) is 0.315. The second kappa shape index (κ2) is 6.68. The van der Waals surface area contributed by atoms with Crippen LogP contribution < -0.4 is 0 Å². The molecular formula is C15H21NO3. The van der Waals surface area contributed by atoms with E-state index in [4.69, 9.17) is 9.84 Å². The van der Waals surface area contributed by atoms with Gasteiger partial charge in [-0.05, 0) is 43.0 Å². The average Bonchev–Trinajstić information content (AvgIpc) is 2.86. The zero-order valence-electron chi connectivity index (χ0n) is 11.3. The number of carbonyl (C=O) groups excluding carboxylic acids is 1. The Morgan fingerprint density at radius 1 is 1.53 bits per heavy atom. The summed E-state index contributed by atoms with van der Waals surface area (Å²) in [4.78, 5) is 13.8. The van der Waals surface area contributed by atoms with Crippen LogP contribution in [0, 0.1) is 5.92 Å². The van der Waals surface area contributed by atoms with Crippen molar-refractivity contribution in [1.82, 2.24) is 4.90 Å². The van der Waals surface area contributed by atoms with Crippen LogP contribution in [0.3, 0.4) is 0 Å². The second-order valence-corrected chi connectivity index (χ2v) is 5.09. The number of nitrogens with zero attached hydrogens (tertiary/aromatic N) is 1. The van der Waals surface area contributed by atoms with E-state index < -0.39 is 0 Å². The minimum Gasteiger partial charge on any atom is -0.465 e. The number of rotatable bonds is 5. The van der Waals surface area contributed by atoms with E-state index in [2.05, 4.69) is 4.90 Å². The molecule has 1 aromatic carbocycles. The Labute approximate surface area is 114 Å². The maximum Gasteiger partial charge on any atom is 0.337 e. The van der Waals surface area contributed by atoms with Gasteiger partial charge in [-0.2, -0.15) is 0 Å². The average molecular weight is 263 g/mol. The number of likely N-dealkylation sites (tertiary alicyclic amines) is 1. The minimum absolute atomic E-state index is 0.274. The number of aliphatic hydroxyl groups is 1. The molecule has 0 aromatic heterocycles. The number of hydrogen-bond donors (Lipinski definition) is 1. The van der Waals surface area contributed by atoms with E-state index in [1.807, 2.05) is 18.2 Å². The fourth-order valence-electron chi connectivity index (χ4n) is 2.65. The molecule has 4 heteroatoms. The van der Waals surface area contributed by atoms with E-state index in [-0.39, 0.29) is 12.6 Å². The van der Waals surface area contributed by atoms with Crippen molar-refractivity contribution < 1.29 is 14.6 Å². The van der Waals surface area contributed by atoms with Gasteiger partial charge in [0.1, 0.15) is 0 Å². The first-order valence-corrected chi connectivity index (χ1v) is 6.73. The molecule has 1 heterocycles. The van der Waals surface area contributed by atoms with Crippen molar-refractivity contribution in [2.45, 2.75) is 19.4 Å². The van der Waals surface area contributed by atoms with Gasteiger partial charge in [0, 0.05) is 19.7 Å². The van der Waals surface area contributed by atoms with Crippen LogP contribution in [0.25, 0.3) is 0 Å². The number of carbonyl (C=O) groups is 1. The lowest BCUT2D eigenvalue weighted by Crippen LogP contribution is -2.20. The van der Waals surface area contributed by atoms with E-state index in [1.54, 1.807) is 6.07 Å². The normalized spacial score (nSPS) is 19.6. The third kappa shape index (κ3) is 3.78. The lowest BCUT2D eigenvalue weighted by Gasteiger charge is -2.16. The van der Waals surface area contributed by atoms with Crippen LogP contribution in [0.2, 0.25) is 0 Å². The molecular weight excluding hydrogens is 242 g/mol. The molecule has 1 atom stereocenters. The van der Waals surface area contributed by atoms with Gasteiger partial charge < -0.3 is 9.84 Å². The Morgan fingerprint density at radius 3 is 3.11 bits per heavy atom. The maximum absolute atomic E-state index is 11.5. The van der Waals surface area contributed by atoms with E-state index in [9.17, 15) is 4.79 Å². The summed E-state index contributed by atoms with van der Waals surface area (Å²) in [6.07, 6.45) is 2.04. The molecule has 1 fully saturated rings. The highest BCUT2D eigenvalue weighted by atomic mass is 16.5. The molecule has 0 saturated carbocycles. The van der Waals surface area contributed by atoms with Crippen LogP contribution in [0.5, 0.6) is 0 Å². The molecule has 0 bridgehead atoms. The molecule has 1 N–H and O–H groups in total. The van der Waals surface area contributed by atoms with Crippen LogP contribution >= 0.6 is 0 Å². The van der Waals surface area contributed by atoms with Gasteiger partial charge in [-0.15, -0.1) is 0 Å². The van der Waals surface area contributed by atoms with Crippen LogP contribution in [0.1, 0.15) is 28.8 Å². The summed E-state index contributed by atoms with van der Waals surface area (Å²) in [5.41, 5.74) is 1.73. The standard InChI is InChI=1S/C15H21NO3/c1-19-15(18)14-4-2-3-13(9-14)11-16-7-5-12(10-16)6-8-17/h2-4,9,12,17H,5-8,10-11H2,1H3. The van der Waals surface area contributed by atoms with Crippen molar-refractivity contribution >= 4 is 5.97 Å². The molecule has 4 nitrogen and oxygen atoms in total. The summed E-state index contributed by atoms with van der Waals surface area (Å²) in [5, 5.41) is 8.96. The number of aliphatic hydroxyl groups excluding tert-OH is 1. The van der Waals surface area contributed by atoms with Crippen molar-refractivity contribution in [2.75, 3.05) is 26.8 Å². The first-order chi connectivity index (χ1) is 9.22. The Balaban J connectivity index is 1.94. The van der Waals surface area contributed by atoms with Gasteiger partial charge >= 0.3 is 5.97 Å². The molecule has 1 unspecified atom stereocenters. The molecule has 0 radical (unpaired) electrons. The van der Waals surface area contributed by atoms with E-state index in [0.29, 0.717) is 11.5 Å². The molecule has 1 aliphatic heterocycles. The van der Waals surface area contributed by atoms with Gasteiger partial charge in [0.2, 0.25) is 0 Å². The molecule has 2 rings (SSSR count). The van der Waals surface area contributed by atoms with E-state index in [0.717, 1.165) is 38.0 Å². The summed E-state index contributed by atoms with van der Waals surface area (Å²) < 4.78 is 4.73. The van der Waals surface area contributed by atoms with Crippen LogP contribution in [0.15, 0.2) is 24.3 Å². The molecule has 19 heavy (non-hydrogen) atoms. The number of methoxy groups -OCH3 is 1. The second-order valence-electron chi connectivity index (χ2n) is 5.09. The molecule has 0 spiro atoms. The molecule has 104 valence electrons. The Kier molecular flexibility index (Phi) is 4.93. The van der Waals surface area contributed by atoms with Gasteiger partial charge in [-0.1, -0.05) is 12.1 Å². The molecule has 1 aromatic rings. The summed E-state index contributed by atoms with van der Waals surface area (Å²) in [6.45, 7) is 3.22. The SMILES string of the molecule is COC(=O)c1cccc(CN2CCC(CCO)C2)c1. The number of ether oxygens (including phenoxy) is 1. The van der Waals surface area contributed by atoms with E-state index >= 15 is 0 Å². The predicted molar refractivity (Wildman–Crippen MR) is 72.9 cm³/mol. The zero-order valence-corrected chi connectivity index (χ0v) is 11.3. The van der Waals surface area contributed by atoms with Crippen LogP contribution in [0.4, 0.5) is 0 Å². The van der Waals surface area contributed by atoms with Gasteiger partial charge in [0.15, 0.2) is 0 Å². The third-order valence-electron chi connectivity index (χ3n) is 3.66. The van der Waals surface area contributed by atoms with Crippen LogP contribution in [-0.4, -0.2) is 42.8 Å². The monoisotopic (exact) mass is 263 g/mol. The van der Waals surface area contributed by atoms with Crippen molar-refractivity contribution in [2.24, 2.45) is 5.92 Å². The Hall–Kier alpha value is -1.39. The topological polar surface area (TPSA) is 49.8 Å². The highest BCUT2D eigenvalue weighted by Gasteiger charge is 2.21. The smallest absolute Gasteiger partial charge is 0.337 e. The molecule has 1 aliphatic rings. The lowest BCUT2D eigenvalue weighted by atomic mass is 10.1. The fourth-order valence-corrected chi connectivity index (χ4v) is 2.65. The largest absolute Gasteiger partial charge is 0.465 e. The first kappa shape index (κ1) is 14.0. The molecule has 1 saturated heterocycles. The van der Waals surface area contributed by atoms with Crippen LogP contribution in [-0.2, 0) is 11.3 Å². The first-order valence-electron chi connectivity index (χ1n) is 6.73. The van der Waals surface area contributed by atoms with Crippen molar-refractivity contribution in [1.29, 1.82) is 0 Å². The zero-order chi connectivity index (χ0) is 13.7. The van der Waals surface area contributed by atoms with Gasteiger partial charge in [-0.3, -0.25) is 4.90 Å². The molecule has 0 amide bonds. The van der Waals surface area contributed by atoms with Crippen molar-refractivity contribution in [3.63, 3.8) is 0 Å². The van der Waals surface area contributed by atoms with Gasteiger partial charge in [0.05, 0.1) is 12.7 Å². The number of benzene rings is 1. The lowest BCUT2D eigenvalue weighted by molar-refractivity contribution is 0.0600. The number of hydrogen-bond acceptors (Lipinski definition) is 4. The minimum atomic E-state index is -0.290. The fraction of sp³-hybridized carbons (Fsp3) is 0.533. The van der Waals surface area contributed by atoms with Gasteiger partial charge in [-0.25, -0.2) is 4.79 Å². The summed E-state index contributed by atoms with van der Waals surface area (Å²) in [7, 11) is 1.40. The Bertz CT molecular complexity index is 433.